The maximum Gasteiger partial charge on any atom is 0.410 e. The summed E-state index contributed by atoms with van der Waals surface area (Å²) < 4.78 is 15.7. The summed E-state index contributed by atoms with van der Waals surface area (Å²) in [7, 11) is 1.52. The summed E-state index contributed by atoms with van der Waals surface area (Å²) in [4.78, 5) is 25.7. The number of piperidine rings is 1. The molecule has 0 aromatic heterocycles. The number of hydrogen-bond acceptors (Lipinski definition) is 5. The van der Waals surface area contributed by atoms with Crippen LogP contribution in [0.25, 0.3) is 0 Å². The lowest BCUT2D eigenvalue weighted by Gasteiger charge is -2.33. The average Bonchev–Trinajstić information content (AvgIpc) is 2.62. The van der Waals surface area contributed by atoms with Gasteiger partial charge in [-0.25, -0.2) is 9.59 Å². The minimum atomic E-state index is -0.563. The second kappa shape index (κ2) is 9.27. The molecule has 1 aromatic rings. The van der Waals surface area contributed by atoms with Gasteiger partial charge in [0.1, 0.15) is 6.61 Å². The van der Waals surface area contributed by atoms with Gasteiger partial charge in [0.15, 0.2) is 6.10 Å². The molecule has 2 rings (SSSR count). The maximum atomic E-state index is 12.1. The van der Waals surface area contributed by atoms with Crippen molar-refractivity contribution in [2.45, 2.75) is 32.5 Å². The molecule has 132 valence electrons. The van der Waals surface area contributed by atoms with Gasteiger partial charge in [-0.2, -0.15) is 0 Å². The average molecular weight is 335 g/mol. The minimum absolute atomic E-state index is 0.0622. The smallest absolute Gasteiger partial charge is 0.410 e. The Hall–Kier alpha value is -2.08. The van der Waals surface area contributed by atoms with Gasteiger partial charge in [0.25, 0.3) is 0 Å². The fraction of sp³-hybridized carbons (Fsp3) is 0.556. The van der Waals surface area contributed by atoms with Crippen molar-refractivity contribution in [2.24, 2.45) is 5.92 Å². The fourth-order valence-corrected chi connectivity index (χ4v) is 2.90. The van der Waals surface area contributed by atoms with Crippen LogP contribution in [-0.2, 0) is 25.6 Å². The Balaban J connectivity index is 1.79. The van der Waals surface area contributed by atoms with Crippen molar-refractivity contribution in [3.63, 3.8) is 0 Å². The van der Waals surface area contributed by atoms with Crippen molar-refractivity contribution in [2.75, 3.05) is 26.8 Å². The number of esters is 1. The fourth-order valence-electron chi connectivity index (χ4n) is 2.90. The molecule has 1 amide bonds. The molecule has 1 heterocycles. The van der Waals surface area contributed by atoms with E-state index in [1.165, 1.54) is 7.11 Å². The van der Waals surface area contributed by atoms with Gasteiger partial charge in [-0.05, 0) is 31.2 Å². The molecular formula is C18H25NO5. The Morgan fingerprint density at radius 3 is 2.42 bits per heavy atom. The van der Waals surface area contributed by atoms with Gasteiger partial charge in [-0.1, -0.05) is 30.3 Å². The van der Waals surface area contributed by atoms with Gasteiger partial charge >= 0.3 is 12.1 Å². The first-order chi connectivity index (χ1) is 11.7. The minimum Gasteiger partial charge on any atom is -0.464 e. The number of benzene rings is 1. The molecule has 0 radical (unpaired) electrons. The molecule has 1 fully saturated rings. The van der Waals surface area contributed by atoms with Crippen molar-refractivity contribution in [3.05, 3.63) is 35.9 Å². The third-order valence-corrected chi connectivity index (χ3v) is 4.20. The number of hydrogen-bond donors (Lipinski definition) is 0. The van der Waals surface area contributed by atoms with Gasteiger partial charge in [-0.3, -0.25) is 0 Å². The lowest BCUT2D eigenvalue weighted by molar-refractivity contribution is -0.159. The van der Waals surface area contributed by atoms with E-state index in [0.717, 1.165) is 5.56 Å². The van der Waals surface area contributed by atoms with Crippen LogP contribution in [0.4, 0.5) is 4.79 Å². The number of rotatable bonds is 6. The van der Waals surface area contributed by atoms with E-state index in [9.17, 15) is 9.59 Å². The standard InChI is InChI=1S/C18H25NO5/c1-3-23-17(20)16(22-2)15-9-11-19(12-10-15)18(21)24-13-14-7-5-4-6-8-14/h4-8,15-16H,3,9-13H2,1-2H3. The molecule has 0 bridgehead atoms. The highest BCUT2D eigenvalue weighted by Crippen LogP contribution is 2.24. The van der Waals surface area contributed by atoms with E-state index in [4.69, 9.17) is 14.2 Å². The first kappa shape index (κ1) is 18.3. The van der Waals surface area contributed by atoms with Crippen molar-refractivity contribution in [3.8, 4) is 0 Å². The zero-order valence-corrected chi connectivity index (χ0v) is 14.3. The first-order valence-corrected chi connectivity index (χ1v) is 8.30. The van der Waals surface area contributed by atoms with Crippen LogP contribution in [0.1, 0.15) is 25.3 Å². The highest BCUT2D eigenvalue weighted by Gasteiger charge is 2.34. The molecule has 0 spiro atoms. The Bertz CT molecular complexity index is 525. The Kier molecular flexibility index (Phi) is 7.06. The number of nitrogens with zero attached hydrogens (tertiary/aromatic N) is 1. The maximum absolute atomic E-state index is 12.1. The van der Waals surface area contributed by atoms with Crippen LogP contribution in [0.2, 0.25) is 0 Å². The second-order valence-corrected chi connectivity index (χ2v) is 5.77. The monoisotopic (exact) mass is 335 g/mol. The highest BCUT2D eigenvalue weighted by molar-refractivity contribution is 5.75. The second-order valence-electron chi connectivity index (χ2n) is 5.77. The molecule has 1 saturated heterocycles. The van der Waals surface area contributed by atoms with E-state index in [2.05, 4.69) is 0 Å². The van der Waals surface area contributed by atoms with Crippen LogP contribution in [0.15, 0.2) is 30.3 Å². The predicted molar refractivity (Wildman–Crippen MR) is 88.4 cm³/mol. The molecule has 0 aliphatic carbocycles. The zero-order valence-electron chi connectivity index (χ0n) is 14.3. The van der Waals surface area contributed by atoms with E-state index in [-0.39, 0.29) is 24.6 Å². The topological polar surface area (TPSA) is 65.1 Å². The molecule has 24 heavy (non-hydrogen) atoms. The summed E-state index contributed by atoms with van der Waals surface area (Å²) >= 11 is 0. The van der Waals surface area contributed by atoms with Crippen LogP contribution in [0.3, 0.4) is 0 Å². The highest BCUT2D eigenvalue weighted by atomic mass is 16.6. The molecule has 6 nitrogen and oxygen atoms in total. The van der Waals surface area contributed by atoms with E-state index >= 15 is 0 Å². The molecule has 6 heteroatoms. The molecule has 1 aliphatic rings. The van der Waals surface area contributed by atoms with E-state index in [1.54, 1.807) is 11.8 Å². The normalized spacial score (nSPS) is 16.5. The summed E-state index contributed by atoms with van der Waals surface area (Å²) in [5, 5.41) is 0. The Morgan fingerprint density at radius 2 is 1.83 bits per heavy atom. The van der Waals surface area contributed by atoms with Gasteiger partial charge in [-0.15, -0.1) is 0 Å². The van der Waals surface area contributed by atoms with Gasteiger partial charge in [0.05, 0.1) is 6.61 Å². The Morgan fingerprint density at radius 1 is 1.17 bits per heavy atom. The number of ether oxygens (including phenoxy) is 3. The number of likely N-dealkylation sites (tertiary alicyclic amines) is 1. The zero-order chi connectivity index (χ0) is 17.4. The van der Waals surface area contributed by atoms with Crippen molar-refractivity contribution in [1.29, 1.82) is 0 Å². The van der Waals surface area contributed by atoms with Gasteiger partial charge < -0.3 is 19.1 Å². The van der Waals surface area contributed by atoms with E-state index in [1.807, 2.05) is 30.3 Å². The van der Waals surface area contributed by atoms with Gasteiger partial charge in [0.2, 0.25) is 0 Å². The predicted octanol–water partition coefficient (Wildman–Crippen LogP) is 2.61. The van der Waals surface area contributed by atoms with Crippen molar-refractivity contribution in [1.82, 2.24) is 4.90 Å². The summed E-state index contributed by atoms with van der Waals surface area (Å²) in [6.45, 7) is 3.48. The van der Waals surface area contributed by atoms with Gasteiger partial charge in [0, 0.05) is 20.2 Å². The van der Waals surface area contributed by atoms with Crippen LogP contribution in [-0.4, -0.2) is 49.9 Å². The largest absolute Gasteiger partial charge is 0.464 e. The molecule has 1 atom stereocenters. The third-order valence-electron chi connectivity index (χ3n) is 4.20. The summed E-state index contributed by atoms with van der Waals surface area (Å²) in [5.74, 6) is -0.266. The SMILES string of the molecule is CCOC(=O)C(OC)C1CCN(C(=O)OCc2ccccc2)CC1. The lowest BCUT2D eigenvalue weighted by atomic mass is 9.91. The van der Waals surface area contributed by atoms with Crippen LogP contribution in [0.5, 0.6) is 0 Å². The number of carbonyl (C=O) groups excluding carboxylic acids is 2. The van der Waals surface area contributed by atoms with Crippen LogP contribution in [0, 0.1) is 5.92 Å². The van der Waals surface area contributed by atoms with Crippen molar-refractivity contribution >= 4 is 12.1 Å². The van der Waals surface area contributed by atoms with E-state index in [0.29, 0.717) is 32.5 Å². The molecule has 1 unspecified atom stereocenters. The third kappa shape index (κ3) is 4.96. The molecule has 0 N–H and O–H groups in total. The number of carbonyl (C=O) groups is 2. The first-order valence-electron chi connectivity index (χ1n) is 8.30. The molecule has 0 saturated carbocycles. The summed E-state index contributed by atoms with van der Waals surface area (Å²) in [6.07, 6.45) is 0.505. The van der Waals surface area contributed by atoms with E-state index < -0.39 is 6.10 Å². The van der Waals surface area contributed by atoms with Crippen LogP contribution >= 0.6 is 0 Å². The molecule has 1 aliphatic heterocycles. The number of methoxy groups -OCH3 is 1. The Labute approximate surface area is 142 Å². The number of amides is 1. The summed E-state index contributed by atoms with van der Waals surface area (Å²) in [6, 6.07) is 9.58. The molecular weight excluding hydrogens is 310 g/mol. The molecule has 1 aromatic carbocycles. The lowest BCUT2D eigenvalue weighted by Crippen LogP contribution is -2.44. The summed E-state index contributed by atoms with van der Waals surface area (Å²) in [5.41, 5.74) is 0.961. The van der Waals surface area contributed by atoms with Crippen LogP contribution < -0.4 is 0 Å². The quantitative estimate of drug-likeness (QED) is 0.748. The van der Waals surface area contributed by atoms with Crippen molar-refractivity contribution < 1.29 is 23.8 Å².